The van der Waals surface area contributed by atoms with Crippen molar-refractivity contribution in [1.82, 2.24) is 4.90 Å². The monoisotopic (exact) mass is 142 g/mol. The highest BCUT2D eigenvalue weighted by molar-refractivity contribution is 4.83. The Labute approximate surface area is 63.4 Å². The molecule has 0 amide bonds. The Morgan fingerprint density at radius 1 is 1.40 bits per heavy atom. The summed E-state index contributed by atoms with van der Waals surface area (Å²) in [4.78, 5) is 2.31. The van der Waals surface area contributed by atoms with E-state index in [1.807, 2.05) is 0 Å². The van der Waals surface area contributed by atoms with E-state index in [9.17, 15) is 0 Å². The standard InChI is InChI=1S/C8H18N2/c1-10(2)8-5-3-4-7(8)6-9/h7-8H,3-6,9H2,1-2H3. The molecule has 0 aromatic carbocycles. The summed E-state index contributed by atoms with van der Waals surface area (Å²) in [5.74, 6) is 0.759. The van der Waals surface area contributed by atoms with E-state index in [4.69, 9.17) is 5.73 Å². The maximum absolute atomic E-state index is 5.64. The molecule has 2 atom stereocenters. The van der Waals surface area contributed by atoms with Crippen molar-refractivity contribution in [2.75, 3.05) is 20.6 Å². The lowest BCUT2D eigenvalue weighted by Crippen LogP contribution is -2.34. The van der Waals surface area contributed by atoms with E-state index in [0.29, 0.717) is 0 Å². The maximum Gasteiger partial charge on any atom is 0.0129 e. The molecule has 1 aliphatic carbocycles. The molecule has 2 nitrogen and oxygen atoms in total. The molecule has 0 aromatic heterocycles. The summed E-state index contributed by atoms with van der Waals surface area (Å²) in [5, 5.41) is 0. The predicted octanol–water partition coefficient (Wildman–Crippen LogP) is 0.675. The van der Waals surface area contributed by atoms with Crippen LogP contribution in [-0.2, 0) is 0 Å². The van der Waals surface area contributed by atoms with Crippen molar-refractivity contribution in [3.8, 4) is 0 Å². The highest BCUT2D eigenvalue weighted by Gasteiger charge is 2.26. The molecule has 0 radical (unpaired) electrons. The minimum Gasteiger partial charge on any atom is -0.330 e. The van der Waals surface area contributed by atoms with Crippen molar-refractivity contribution < 1.29 is 0 Å². The third-order valence-corrected chi connectivity index (χ3v) is 2.58. The molecule has 1 aliphatic rings. The van der Waals surface area contributed by atoms with Crippen LogP contribution < -0.4 is 5.73 Å². The van der Waals surface area contributed by atoms with Gasteiger partial charge in [-0.15, -0.1) is 0 Å². The summed E-state index contributed by atoms with van der Waals surface area (Å²) < 4.78 is 0. The Hall–Kier alpha value is -0.0800. The highest BCUT2D eigenvalue weighted by atomic mass is 15.1. The van der Waals surface area contributed by atoms with Crippen molar-refractivity contribution in [3.05, 3.63) is 0 Å². The van der Waals surface area contributed by atoms with Crippen LogP contribution in [0.2, 0.25) is 0 Å². The maximum atomic E-state index is 5.64. The highest BCUT2D eigenvalue weighted by Crippen LogP contribution is 2.27. The topological polar surface area (TPSA) is 29.3 Å². The molecule has 0 aliphatic heterocycles. The first-order chi connectivity index (χ1) is 4.75. The normalized spacial score (nSPS) is 33.6. The molecule has 10 heavy (non-hydrogen) atoms. The van der Waals surface area contributed by atoms with Crippen molar-refractivity contribution in [2.45, 2.75) is 25.3 Å². The fraction of sp³-hybridized carbons (Fsp3) is 1.00. The summed E-state index contributed by atoms with van der Waals surface area (Å²) in [7, 11) is 4.30. The predicted molar refractivity (Wildman–Crippen MR) is 43.9 cm³/mol. The molecule has 2 heteroatoms. The molecule has 0 bridgehead atoms. The molecule has 2 unspecified atom stereocenters. The van der Waals surface area contributed by atoms with Crippen molar-refractivity contribution >= 4 is 0 Å². The summed E-state index contributed by atoms with van der Waals surface area (Å²) in [6.07, 6.45) is 4.04. The molecular formula is C8H18N2. The van der Waals surface area contributed by atoms with Gasteiger partial charge < -0.3 is 10.6 Å². The van der Waals surface area contributed by atoms with Crippen LogP contribution in [0, 0.1) is 5.92 Å². The van der Waals surface area contributed by atoms with Crippen molar-refractivity contribution in [2.24, 2.45) is 11.7 Å². The molecule has 0 heterocycles. The second kappa shape index (κ2) is 3.35. The summed E-state index contributed by atoms with van der Waals surface area (Å²) >= 11 is 0. The van der Waals surface area contributed by atoms with Gasteiger partial charge in [-0.2, -0.15) is 0 Å². The number of hydrogen-bond donors (Lipinski definition) is 1. The van der Waals surface area contributed by atoms with Gasteiger partial charge in [0.05, 0.1) is 0 Å². The first kappa shape index (κ1) is 8.02. The van der Waals surface area contributed by atoms with Crippen LogP contribution in [0.25, 0.3) is 0 Å². The molecule has 0 aromatic rings. The van der Waals surface area contributed by atoms with Gasteiger partial charge in [0.15, 0.2) is 0 Å². The van der Waals surface area contributed by atoms with Crippen LogP contribution in [0.5, 0.6) is 0 Å². The minimum absolute atomic E-state index is 0.755. The lowest BCUT2D eigenvalue weighted by atomic mass is 10.0. The average molecular weight is 142 g/mol. The minimum atomic E-state index is 0.755. The smallest absolute Gasteiger partial charge is 0.0129 e. The van der Waals surface area contributed by atoms with Crippen molar-refractivity contribution in [1.29, 1.82) is 0 Å². The number of rotatable bonds is 2. The van der Waals surface area contributed by atoms with Crippen LogP contribution in [0.1, 0.15) is 19.3 Å². The van der Waals surface area contributed by atoms with Gasteiger partial charge >= 0.3 is 0 Å². The van der Waals surface area contributed by atoms with Crippen molar-refractivity contribution in [3.63, 3.8) is 0 Å². The first-order valence-corrected chi connectivity index (χ1v) is 4.12. The van der Waals surface area contributed by atoms with Gasteiger partial charge in [-0.05, 0) is 39.4 Å². The number of hydrogen-bond acceptors (Lipinski definition) is 2. The van der Waals surface area contributed by atoms with Gasteiger partial charge in [0.1, 0.15) is 0 Å². The summed E-state index contributed by atoms with van der Waals surface area (Å²) in [6.45, 7) is 0.864. The first-order valence-electron chi connectivity index (χ1n) is 4.12. The zero-order valence-corrected chi connectivity index (χ0v) is 7.01. The lowest BCUT2D eigenvalue weighted by Gasteiger charge is -2.24. The zero-order chi connectivity index (χ0) is 7.56. The zero-order valence-electron chi connectivity index (χ0n) is 7.01. The number of nitrogens with zero attached hydrogens (tertiary/aromatic N) is 1. The SMILES string of the molecule is CN(C)C1CCCC1CN. The van der Waals surface area contributed by atoms with Gasteiger partial charge in [0, 0.05) is 6.04 Å². The average Bonchev–Trinajstić information content (AvgIpc) is 2.33. The van der Waals surface area contributed by atoms with Gasteiger partial charge in [0.2, 0.25) is 0 Å². The van der Waals surface area contributed by atoms with E-state index in [2.05, 4.69) is 19.0 Å². The van der Waals surface area contributed by atoms with Crippen LogP contribution in [-0.4, -0.2) is 31.6 Å². The molecule has 60 valence electrons. The lowest BCUT2D eigenvalue weighted by molar-refractivity contribution is 0.241. The van der Waals surface area contributed by atoms with Gasteiger partial charge in [-0.25, -0.2) is 0 Å². The molecule has 2 N–H and O–H groups in total. The summed E-state index contributed by atoms with van der Waals surface area (Å²) in [6, 6.07) is 0.755. The Morgan fingerprint density at radius 3 is 2.50 bits per heavy atom. The van der Waals surface area contributed by atoms with Crippen LogP contribution in [0.15, 0.2) is 0 Å². The van der Waals surface area contributed by atoms with Gasteiger partial charge in [0.25, 0.3) is 0 Å². The van der Waals surface area contributed by atoms with E-state index >= 15 is 0 Å². The van der Waals surface area contributed by atoms with Crippen LogP contribution in [0.4, 0.5) is 0 Å². The van der Waals surface area contributed by atoms with E-state index in [-0.39, 0.29) is 0 Å². The Kier molecular flexibility index (Phi) is 2.69. The Balaban J connectivity index is 2.42. The largest absolute Gasteiger partial charge is 0.330 e. The van der Waals surface area contributed by atoms with E-state index in [1.54, 1.807) is 0 Å². The molecule has 0 spiro atoms. The van der Waals surface area contributed by atoms with Gasteiger partial charge in [-0.1, -0.05) is 6.42 Å². The second-order valence-corrected chi connectivity index (χ2v) is 3.46. The van der Waals surface area contributed by atoms with Crippen LogP contribution >= 0.6 is 0 Å². The van der Waals surface area contributed by atoms with E-state index in [1.165, 1.54) is 19.3 Å². The quantitative estimate of drug-likeness (QED) is 0.614. The number of nitrogens with two attached hydrogens (primary N) is 1. The Morgan fingerprint density at radius 2 is 2.10 bits per heavy atom. The molecular weight excluding hydrogens is 124 g/mol. The van der Waals surface area contributed by atoms with E-state index < -0.39 is 0 Å². The summed E-state index contributed by atoms with van der Waals surface area (Å²) in [5.41, 5.74) is 5.64. The molecule has 1 fully saturated rings. The van der Waals surface area contributed by atoms with Crippen LogP contribution in [0.3, 0.4) is 0 Å². The fourth-order valence-corrected chi connectivity index (χ4v) is 1.97. The fourth-order valence-electron chi connectivity index (χ4n) is 1.97. The third-order valence-electron chi connectivity index (χ3n) is 2.58. The van der Waals surface area contributed by atoms with E-state index in [0.717, 1.165) is 18.5 Å². The third kappa shape index (κ3) is 1.50. The second-order valence-electron chi connectivity index (χ2n) is 3.46. The molecule has 1 saturated carbocycles. The molecule has 0 saturated heterocycles. The molecule has 1 rings (SSSR count). The Bertz CT molecular complexity index is 101. The van der Waals surface area contributed by atoms with Gasteiger partial charge in [-0.3, -0.25) is 0 Å².